The molecular weight excluding hydrogens is 228 g/mol. The molecule has 1 aliphatic rings. The van der Waals surface area contributed by atoms with Gasteiger partial charge in [-0.1, -0.05) is 0 Å². The maximum absolute atomic E-state index is 10.8. The first-order valence-corrected chi connectivity index (χ1v) is 6.17. The normalized spacial score (nSPS) is 20.6. The molecule has 1 fully saturated rings. The highest BCUT2D eigenvalue weighted by atomic mass is 32.1. The molecule has 2 N–H and O–H groups in total. The van der Waals surface area contributed by atoms with Crippen molar-refractivity contribution in [2.45, 2.75) is 25.4 Å². The van der Waals surface area contributed by atoms with Crippen molar-refractivity contribution >= 4 is 22.3 Å². The van der Waals surface area contributed by atoms with Gasteiger partial charge in [-0.3, -0.25) is 0 Å². The second-order valence-corrected chi connectivity index (χ2v) is 4.56. The van der Waals surface area contributed by atoms with Gasteiger partial charge in [0.1, 0.15) is 5.00 Å². The Morgan fingerprint density at radius 1 is 1.69 bits per heavy atom. The van der Waals surface area contributed by atoms with Crippen molar-refractivity contribution in [2.75, 3.05) is 18.5 Å². The number of anilines is 1. The summed E-state index contributed by atoms with van der Waals surface area (Å²) in [4.78, 5) is 14.6. The zero-order valence-electron chi connectivity index (χ0n) is 8.81. The van der Waals surface area contributed by atoms with Gasteiger partial charge >= 0.3 is 5.97 Å². The molecule has 1 aromatic heterocycles. The molecule has 0 saturated carbocycles. The molecule has 1 aliphatic heterocycles. The molecule has 0 spiro atoms. The average molecular weight is 242 g/mol. The van der Waals surface area contributed by atoms with Crippen molar-refractivity contribution in [1.82, 2.24) is 4.98 Å². The number of rotatable bonds is 4. The maximum atomic E-state index is 10.8. The number of hydrogen-bond donors (Lipinski definition) is 2. The van der Waals surface area contributed by atoms with E-state index < -0.39 is 5.97 Å². The van der Waals surface area contributed by atoms with Gasteiger partial charge in [-0.05, 0) is 19.3 Å². The summed E-state index contributed by atoms with van der Waals surface area (Å²) in [6, 6.07) is 0. The Kier molecular flexibility index (Phi) is 3.74. The molecule has 16 heavy (non-hydrogen) atoms. The summed E-state index contributed by atoms with van der Waals surface area (Å²) in [5, 5.41) is 12.6. The Hall–Kier alpha value is -1.14. The second-order valence-electron chi connectivity index (χ2n) is 3.70. The zero-order chi connectivity index (χ0) is 11.4. The van der Waals surface area contributed by atoms with E-state index in [9.17, 15) is 4.79 Å². The first kappa shape index (κ1) is 11.3. The average Bonchev–Trinajstić information content (AvgIpc) is 2.76. The van der Waals surface area contributed by atoms with Crippen LogP contribution in [0.25, 0.3) is 0 Å². The van der Waals surface area contributed by atoms with Crippen LogP contribution in [0.1, 0.15) is 29.8 Å². The quantitative estimate of drug-likeness (QED) is 0.842. The summed E-state index contributed by atoms with van der Waals surface area (Å²) in [6.45, 7) is 1.46. The van der Waals surface area contributed by atoms with E-state index in [0.717, 1.165) is 19.4 Å². The fourth-order valence-corrected chi connectivity index (χ4v) is 2.38. The number of carboxylic acid groups (broad SMARTS) is 1. The Bertz CT molecular complexity index is 361. The molecule has 0 aromatic carbocycles. The minimum absolute atomic E-state index is 0.0980. The van der Waals surface area contributed by atoms with Gasteiger partial charge in [0.25, 0.3) is 0 Å². The highest BCUT2D eigenvalue weighted by Gasteiger charge is 2.17. The van der Waals surface area contributed by atoms with Crippen molar-refractivity contribution in [3.05, 3.63) is 11.2 Å². The third-order valence-electron chi connectivity index (χ3n) is 2.53. The van der Waals surface area contributed by atoms with Crippen LogP contribution < -0.4 is 5.32 Å². The standard InChI is InChI=1S/C10H14N2O3S/c13-10(14)8-9(16-6-12-8)11-5-7-3-1-2-4-15-7/h6-7,11H,1-5H2,(H,13,14). The summed E-state index contributed by atoms with van der Waals surface area (Å²) < 4.78 is 5.55. The third-order valence-corrected chi connectivity index (χ3v) is 3.32. The van der Waals surface area contributed by atoms with Gasteiger partial charge in [0.2, 0.25) is 0 Å². The van der Waals surface area contributed by atoms with E-state index in [0.29, 0.717) is 11.5 Å². The lowest BCUT2D eigenvalue weighted by Gasteiger charge is -2.22. The first-order chi connectivity index (χ1) is 7.77. The fourth-order valence-electron chi connectivity index (χ4n) is 1.70. The lowest BCUT2D eigenvalue weighted by Crippen LogP contribution is -2.27. The molecule has 5 nitrogen and oxygen atoms in total. The van der Waals surface area contributed by atoms with E-state index in [1.165, 1.54) is 23.3 Å². The second kappa shape index (κ2) is 5.27. The molecule has 2 rings (SSSR count). The van der Waals surface area contributed by atoms with Crippen LogP contribution in [0.4, 0.5) is 5.00 Å². The van der Waals surface area contributed by atoms with Gasteiger partial charge in [-0.15, -0.1) is 11.3 Å². The Morgan fingerprint density at radius 3 is 3.25 bits per heavy atom. The Morgan fingerprint density at radius 2 is 2.56 bits per heavy atom. The molecule has 0 aliphatic carbocycles. The molecule has 1 saturated heterocycles. The zero-order valence-corrected chi connectivity index (χ0v) is 9.63. The Balaban J connectivity index is 1.88. The minimum atomic E-state index is -0.992. The lowest BCUT2D eigenvalue weighted by atomic mass is 10.1. The van der Waals surface area contributed by atoms with Crippen molar-refractivity contribution in [2.24, 2.45) is 0 Å². The number of thiazole rings is 1. The summed E-state index contributed by atoms with van der Waals surface area (Å²) >= 11 is 1.31. The number of hydrogen-bond acceptors (Lipinski definition) is 5. The summed E-state index contributed by atoms with van der Waals surface area (Å²) in [5.74, 6) is -0.992. The van der Waals surface area contributed by atoms with Gasteiger partial charge in [0, 0.05) is 13.2 Å². The predicted molar refractivity (Wildman–Crippen MR) is 61.2 cm³/mol. The van der Waals surface area contributed by atoms with Crippen LogP contribution in [0.15, 0.2) is 5.51 Å². The van der Waals surface area contributed by atoms with Crippen LogP contribution in [0, 0.1) is 0 Å². The van der Waals surface area contributed by atoms with Gasteiger partial charge in [-0.2, -0.15) is 0 Å². The van der Waals surface area contributed by atoms with Gasteiger partial charge in [0.05, 0.1) is 11.6 Å². The van der Waals surface area contributed by atoms with E-state index in [4.69, 9.17) is 9.84 Å². The number of nitrogens with one attached hydrogen (secondary N) is 1. The number of nitrogens with zero attached hydrogens (tertiary/aromatic N) is 1. The van der Waals surface area contributed by atoms with Gasteiger partial charge in [-0.25, -0.2) is 9.78 Å². The van der Waals surface area contributed by atoms with E-state index in [2.05, 4.69) is 10.3 Å². The molecule has 1 aromatic rings. The SMILES string of the molecule is O=C(O)c1ncsc1NCC1CCCCO1. The molecule has 0 amide bonds. The topological polar surface area (TPSA) is 71.5 Å². The highest BCUT2D eigenvalue weighted by molar-refractivity contribution is 7.14. The smallest absolute Gasteiger partial charge is 0.357 e. The number of aromatic nitrogens is 1. The first-order valence-electron chi connectivity index (χ1n) is 5.29. The lowest BCUT2D eigenvalue weighted by molar-refractivity contribution is 0.0247. The van der Waals surface area contributed by atoms with Crippen molar-refractivity contribution in [3.8, 4) is 0 Å². The Labute approximate surface area is 97.5 Å². The number of carbonyl (C=O) groups is 1. The van der Waals surface area contributed by atoms with Crippen LogP contribution in [-0.4, -0.2) is 35.3 Å². The molecule has 1 atom stereocenters. The molecule has 2 heterocycles. The van der Waals surface area contributed by atoms with E-state index in [1.54, 1.807) is 0 Å². The minimum Gasteiger partial charge on any atom is -0.476 e. The fraction of sp³-hybridized carbons (Fsp3) is 0.600. The van der Waals surface area contributed by atoms with Crippen molar-refractivity contribution < 1.29 is 14.6 Å². The maximum Gasteiger partial charge on any atom is 0.357 e. The van der Waals surface area contributed by atoms with Crippen molar-refractivity contribution in [1.29, 1.82) is 0 Å². The molecular formula is C10H14N2O3S. The largest absolute Gasteiger partial charge is 0.476 e. The van der Waals surface area contributed by atoms with Crippen LogP contribution in [0.5, 0.6) is 0 Å². The molecule has 88 valence electrons. The molecule has 0 radical (unpaired) electrons. The van der Waals surface area contributed by atoms with E-state index in [-0.39, 0.29) is 11.8 Å². The molecule has 0 bridgehead atoms. The van der Waals surface area contributed by atoms with Crippen LogP contribution in [-0.2, 0) is 4.74 Å². The van der Waals surface area contributed by atoms with Gasteiger partial charge < -0.3 is 15.2 Å². The summed E-state index contributed by atoms with van der Waals surface area (Å²) in [5.41, 5.74) is 1.63. The van der Waals surface area contributed by atoms with Crippen molar-refractivity contribution in [3.63, 3.8) is 0 Å². The van der Waals surface area contributed by atoms with Crippen LogP contribution >= 0.6 is 11.3 Å². The van der Waals surface area contributed by atoms with Crippen LogP contribution in [0.3, 0.4) is 0 Å². The predicted octanol–water partition coefficient (Wildman–Crippen LogP) is 1.82. The third kappa shape index (κ3) is 2.70. The van der Waals surface area contributed by atoms with Crippen LogP contribution in [0.2, 0.25) is 0 Å². The van der Waals surface area contributed by atoms with E-state index in [1.807, 2.05) is 0 Å². The number of carboxylic acids is 1. The molecule has 6 heteroatoms. The monoisotopic (exact) mass is 242 g/mol. The highest BCUT2D eigenvalue weighted by Crippen LogP contribution is 2.21. The molecule has 1 unspecified atom stereocenters. The van der Waals surface area contributed by atoms with E-state index >= 15 is 0 Å². The summed E-state index contributed by atoms with van der Waals surface area (Å²) in [7, 11) is 0. The summed E-state index contributed by atoms with van der Waals surface area (Å²) in [6.07, 6.45) is 3.53. The number of aromatic carboxylic acids is 1. The number of ether oxygens (including phenoxy) is 1. The van der Waals surface area contributed by atoms with Gasteiger partial charge in [0.15, 0.2) is 5.69 Å².